The Morgan fingerprint density at radius 1 is 1.35 bits per heavy atom. The third kappa shape index (κ3) is 1.92. The maximum Gasteiger partial charge on any atom is 0.243 e. The minimum Gasteiger partial charge on any atom is -0.398 e. The minimum absolute atomic E-state index is 0.162. The van der Waals surface area contributed by atoms with Crippen molar-refractivity contribution in [1.82, 2.24) is 4.31 Å². The molecule has 1 aromatic rings. The SMILES string of the molecule is Cc1ccc(S(=O)(=O)N2CC(O)C2)c(C)c1N. The zero-order valence-electron chi connectivity index (χ0n) is 9.84. The highest BCUT2D eigenvalue weighted by molar-refractivity contribution is 7.89. The Balaban J connectivity index is 2.44. The number of nitrogens with zero attached hydrogens (tertiary/aromatic N) is 1. The van der Waals surface area contributed by atoms with Crippen LogP contribution in [-0.4, -0.2) is 37.0 Å². The van der Waals surface area contributed by atoms with Crippen molar-refractivity contribution in [2.24, 2.45) is 0 Å². The number of aliphatic hydroxyl groups is 1. The molecule has 0 aliphatic carbocycles. The highest BCUT2D eigenvalue weighted by Gasteiger charge is 2.36. The quantitative estimate of drug-likeness (QED) is 0.743. The van der Waals surface area contributed by atoms with Crippen molar-refractivity contribution in [2.75, 3.05) is 18.8 Å². The van der Waals surface area contributed by atoms with Gasteiger partial charge in [-0.15, -0.1) is 0 Å². The Labute approximate surface area is 101 Å². The molecule has 0 bridgehead atoms. The molecule has 0 saturated carbocycles. The van der Waals surface area contributed by atoms with Gasteiger partial charge in [-0.25, -0.2) is 8.42 Å². The first-order valence-electron chi connectivity index (χ1n) is 5.38. The van der Waals surface area contributed by atoms with Crippen LogP contribution in [-0.2, 0) is 10.0 Å². The van der Waals surface area contributed by atoms with Gasteiger partial charge in [-0.3, -0.25) is 0 Å². The molecule has 1 saturated heterocycles. The summed E-state index contributed by atoms with van der Waals surface area (Å²) in [5.74, 6) is 0. The normalized spacial score (nSPS) is 18.1. The molecular weight excluding hydrogens is 240 g/mol. The molecule has 0 spiro atoms. The smallest absolute Gasteiger partial charge is 0.243 e. The Hall–Kier alpha value is -1.11. The van der Waals surface area contributed by atoms with Gasteiger partial charge in [-0.2, -0.15) is 4.31 Å². The first-order valence-corrected chi connectivity index (χ1v) is 6.82. The van der Waals surface area contributed by atoms with Crippen LogP contribution in [0.2, 0.25) is 0 Å². The van der Waals surface area contributed by atoms with E-state index in [0.29, 0.717) is 11.3 Å². The van der Waals surface area contributed by atoms with E-state index in [1.165, 1.54) is 4.31 Å². The van der Waals surface area contributed by atoms with Crippen molar-refractivity contribution in [3.05, 3.63) is 23.3 Å². The largest absolute Gasteiger partial charge is 0.398 e. The van der Waals surface area contributed by atoms with Crippen molar-refractivity contribution in [3.8, 4) is 0 Å². The van der Waals surface area contributed by atoms with E-state index < -0.39 is 16.1 Å². The summed E-state index contributed by atoms with van der Waals surface area (Å²) in [6.45, 7) is 3.86. The Morgan fingerprint density at radius 3 is 2.47 bits per heavy atom. The number of nitrogen functional groups attached to an aromatic ring is 1. The van der Waals surface area contributed by atoms with Crippen LogP contribution in [0.25, 0.3) is 0 Å². The lowest BCUT2D eigenvalue weighted by molar-refractivity contribution is 0.0547. The van der Waals surface area contributed by atoms with Crippen LogP contribution in [0.5, 0.6) is 0 Å². The number of benzene rings is 1. The molecule has 1 aliphatic rings. The van der Waals surface area contributed by atoms with Crippen molar-refractivity contribution >= 4 is 15.7 Å². The van der Waals surface area contributed by atoms with E-state index in [1.54, 1.807) is 19.1 Å². The van der Waals surface area contributed by atoms with E-state index in [9.17, 15) is 8.42 Å². The van der Waals surface area contributed by atoms with Gasteiger partial charge in [0, 0.05) is 18.8 Å². The molecule has 17 heavy (non-hydrogen) atoms. The third-order valence-corrected chi connectivity index (χ3v) is 5.11. The van der Waals surface area contributed by atoms with Gasteiger partial charge >= 0.3 is 0 Å². The van der Waals surface area contributed by atoms with Gasteiger partial charge in [-0.1, -0.05) is 6.07 Å². The summed E-state index contributed by atoms with van der Waals surface area (Å²) in [5, 5.41) is 9.17. The van der Waals surface area contributed by atoms with Gasteiger partial charge in [-0.05, 0) is 31.0 Å². The fourth-order valence-corrected chi connectivity index (χ4v) is 3.63. The summed E-state index contributed by atoms with van der Waals surface area (Å²) in [6.07, 6.45) is -0.548. The van der Waals surface area contributed by atoms with Gasteiger partial charge in [0.25, 0.3) is 0 Å². The summed E-state index contributed by atoms with van der Waals surface area (Å²) < 4.78 is 25.7. The second-order valence-corrected chi connectivity index (χ2v) is 6.30. The van der Waals surface area contributed by atoms with Gasteiger partial charge in [0.1, 0.15) is 0 Å². The Morgan fingerprint density at radius 2 is 1.94 bits per heavy atom. The van der Waals surface area contributed by atoms with Crippen molar-refractivity contribution in [2.45, 2.75) is 24.8 Å². The standard InChI is InChI=1S/C11H16N2O3S/c1-7-3-4-10(8(2)11(7)12)17(15,16)13-5-9(14)6-13/h3-4,9,14H,5-6,12H2,1-2H3. The average Bonchev–Trinajstić information content (AvgIpc) is 2.21. The molecule has 0 amide bonds. The molecular formula is C11H16N2O3S. The van der Waals surface area contributed by atoms with Crippen molar-refractivity contribution < 1.29 is 13.5 Å². The molecule has 1 heterocycles. The lowest BCUT2D eigenvalue weighted by atomic mass is 10.1. The van der Waals surface area contributed by atoms with Crippen molar-refractivity contribution in [3.63, 3.8) is 0 Å². The second-order valence-electron chi connectivity index (χ2n) is 4.40. The average molecular weight is 256 g/mol. The first-order chi connectivity index (χ1) is 7.84. The number of rotatable bonds is 2. The fourth-order valence-electron chi connectivity index (χ4n) is 1.88. The number of hydrogen-bond acceptors (Lipinski definition) is 4. The summed E-state index contributed by atoms with van der Waals surface area (Å²) >= 11 is 0. The summed E-state index contributed by atoms with van der Waals surface area (Å²) in [4.78, 5) is 0.229. The highest BCUT2D eigenvalue weighted by atomic mass is 32.2. The monoisotopic (exact) mass is 256 g/mol. The molecule has 5 nitrogen and oxygen atoms in total. The molecule has 0 unspecified atom stereocenters. The van der Waals surface area contributed by atoms with Crippen LogP contribution in [0, 0.1) is 13.8 Å². The number of aryl methyl sites for hydroxylation is 1. The molecule has 0 radical (unpaired) electrons. The zero-order chi connectivity index (χ0) is 12.8. The van der Waals surface area contributed by atoms with E-state index in [1.807, 2.05) is 6.92 Å². The van der Waals surface area contributed by atoms with E-state index >= 15 is 0 Å². The fraction of sp³-hybridized carbons (Fsp3) is 0.455. The van der Waals surface area contributed by atoms with E-state index in [0.717, 1.165) is 5.56 Å². The number of anilines is 1. The van der Waals surface area contributed by atoms with E-state index in [-0.39, 0.29) is 18.0 Å². The predicted octanol–water partition coefficient (Wildman–Crippen LogP) is 0.251. The lowest BCUT2D eigenvalue weighted by Gasteiger charge is -2.35. The molecule has 2 rings (SSSR count). The topological polar surface area (TPSA) is 83.6 Å². The third-order valence-electron chi connectivity index (χ3n) is 3.13. The predicted molar refractivity (Wildman–Crippen MR) is 65.1 cm³/mol. The molecule has 1 aliphatic heterocycles. The Kier molecular flexibility index (Phi) is 2.89. The highest BCUT2D eigenvalue weighted by Crippen LogP contribution is 2.28. The van der Waals surface area contributed by atoms with Gasteiger partial charge in [0.05, 0.1) is 11.0 Å². The zero-order valence-corrected chi connectivity index (χ0v) is 10.7. The number of sulfonamides is 1. The number of β-amino-alcohol motifs (C(OH)–C–C–N with tert-alkyl or cyclic N) is 1. The number of aliphatic hydroxyl groups excluding tert-OH is 1. The van der Waals surface area contributed by atoms with Crippen LogP contribution in [0.15, 0.2) is 17.0 Å². The summed E-state index contributed by atoms with van der Waals surface area (Å²) in [6, 6.07) is 3.27. The second kappa shape index (κ2) is 3.97. The Bertz CT molecular complexity index is 548. The molecule has 1 aromatic carbocycles. The number of hydrogen-bond donors (Lipinski definition) is 2. The molecule has 1 fully saturated rings. The van der Waals surface area contributed by atoms with Crippen LogP contribution in [0.3, 0.4) is 0 Å². The molecule has 0 aromatic heterocycles. The van der Waals surface area contributed by atoms with Gasteiger partial charge in [0.15, 0.2) is 0 Å². The summed E-state index contributed by atoms with van der Waals surface area (Å²) in [7, 11) is -3.51. The molecule has 3 N–H and O–H groups in total. The van der Waals surface area contributed by atoms with Crippen LogP contribution < -0.4 is 5.73 Å². The number of nitrogens with two attached hydrogens (primary N) is 1. The van der Waals surface area contributed by atoms with Crippen LogP contribution in [0.4, 0.5) is 5.69 Å². The van der Waals surface area contributed by atoms with Crippen molar-refractivity contribution in [1.29, 1.82) is 0 Å². The van der Waals surface area contributed by atoms with Gasteiger partial charge in [0.2, 0.25) is 10.0 Å². The molecule has 94 valence electrons. The first kappa shape index (κ1) is 12.3. The summed E-state index contributed by atoms with van der Waals surface area (Å²) in [5.41, 5.74) is 7.78. The molecule has 6 heteroatoms. The molecule has 0 atom stereocenters. The van der Waals surface area contributed by atoms with Crippen LogP contribution >= 0.6 is 0 Å². The van der Waals surface area contributed by atoms with Gasteiger partial charge < -0.3 is 10.8 Å². The van der Waals surface area contributed by atoms with E-state index in [4.69, 9.17) is 10.8 Å². The maximum atomic E-state index is 12.2. The minimum atomic E-state index is -3.51. The maximum absolute atomic E-state index is 12.2. The van der Waals surface area contributed by atoms with E-state index in [2.05, 4.69) is 0 Å². The lowest BCUT2D eigenvalue weighted by Crippen LogP contribution is -2.53. The van der Waals surface area contributed by atoms with Crippen LogP contribution in [0.1, 0.15) is 11.1 Å².